The lowest BCUT2D eigenvalue weighted by molar-refractivity contribution is -0.137. The Kier molecular flexibility index (Phi) is 6.42. The van der Waals surface area contributed by atoms with E-state index >= 15 is 0 Å². The van der Waals surface area contributed by atoms with Gasteiger partial charge in [-0.1, -0.05) is 54.1 Å². The highest BCUT2D eigenvalue weighted by Crippen LogP contribution is 2.36. The van der Waals surface area contributed by atoms with Crippen molar-refractivity contribution in [1.82, 2.24) is 5.32 Å². The Hall–Kier alpha value is -2.31. The largest absolute Gasteiger partial charge is 0.417 e. The van der Waals surface area contributed by atoms with Crippen molar-refractivity contribution >= 4 is 45.4 Å². The van der Waals surface area contributed by atoms with E-state index in [2.05, 4.69) is 34.9 Å². The van der Waals surface area contributed by atoms with E-state index < -0.39 is 11.7 Å². The number of thiocarbonyl (C=S) groups is 1. The first kappa shape index (κ1) is 20.4. The third-order valence-electron chi connectivity index (χ3n) is 4.32. The zero-order chi connectivity index (χ0) is 20.1. The van der Waals surface area contributed by atoms with Crippen molar-refractivity contribution < 1.29 is 13.2 Å². The number of aryl methyl sites for hydroxylation is 1. The van der Waals surface area contributed by atoms with Crippen LogP contribution in [0.5, 0.6) is 0 Å². The lowest BCUT2D eigenvalue weighted by atomic mass is 10.0. The first-order chi connectivity index (χ1) is 13.3. The van der Waals surface area contributed by atoms with Gasteiger partial charge in [-0.05, 0) is 59.6 Å². The molecule has 0 atom stereocenters. The molecule has 2 nitrogen and oxygen atoms in total. The number of benzene rings is 3. The lowest BCUT2D eigenvalue weighted by Gasteiger charge is -2.14. The summed E-state index contributed by atoms with van der Waals surface area (Å²) in [6.45, 7) is 0.606. The van der Waals surface area contributed by atoms with Crippen LogP contribution in [0.1, 0.15) is 17.5 Å². The molecule has 2 N–H and O–H groups in total. The summed E-state index contributed by atoms with van der Waals surface area (Å²) in [5.74, 6) is 0. The van der Waals surface area contributed by atoms with Gasteiger partial charge in [0.25, 0.3) is 0 Å². The second kappa shape index (κ2) is 8.80. The lowest BCUT2D eigenvalue weighted by Crippen LogP contribution is -2.29. The molecule has 0 amide bonds. The maximum atomic E-state index is 12.9. The van der Waals surface area contributed by atoms with Crippen LogP contribution in [0.4, 0.5) is 18.9 Å². The molecule has 0 aliphatic carbocycles. The zero-order valence-electron chi connectivity index (χ0n) is 14.8. The van der Waals surface area contributed by atoms with Crippen molar-refractivity contribution in [3.05, 3.63) is 76.8 Å². The highest BCUT2D eigenvalue weighted by atomic mass is 35.5. The van der Waals surface area contributed by atoms with Crippen molar-refractivity contribution in [3.63, 3.8) is 0 Å². The first-order valence-corrected chi connectivity index (χ1v) is 9.51. The summed E-state index contributed by atoms with van der Waals surface area (Å²) in [6, 6.07) is 18.0. The van der Waals surface area contributed by atoms with Crippen LogP contribution in [0.25, 0.3) is 10.8 Å². The van der Waals surface area contributed by atoms with Gasteiger partial charge in [0, 0.05) is 12.2 Å². The summed E-state index contributed by atoms with van der Waals surface area (Å²) in [6.07, 6.45) is -2.80. The normalized spacial score (nSPS) is 11.4. The molecule has 0 bridgehead atoms. The molecule has 0 heterocycles. The van der Waals surface area contributed by atoms with Gasteiger partial charge in [0.2, 0.25) is 0 Å². The zero-order valence-corrected chi connectivity index (χ0v) is 16.4. The Balaban J connectivity index is 1.52. The number of alkyl halides is 3. The van der Waals surface area contributed by atoms with Crippen molar-refractivity contribution in [2.24, 2.45) is 0 Å². The fourth-order valence-electron chi connectivity index (χ4n) is 2.99. The molecule has 0 aliphatic heterocycles. The molecule has 3 aromatic rings. The molecule has 28 heavy (non-hydrogen) atoms. The number of anilines is 1. The van der Waals surface area contributed by atoms with Gasteiger partial charge in [-0.3, -0.25) is 0 Å². The highest BCUT2D eigenvalue weighted by Gasteiger charge is 2.33. The number of nitrogens with one attached hydrogen (secondary N) is 2. The average Bonchev–Trinajstić information content (AvgIpc) is 2.66. The minimum Gasteiger partial charge on any atom is -0.362 e. The predicted octanol–water partition coefficient (Wildman–Crippen LogP) is 6.43. The van der Waals surface area contributed by atoms with Crippen molar-refractivity contribution in [1.29, 1.82) is 0 Å². The van der Waals surface area contributed by atoms with E-state index in [0.717, 1.165) is 18.9 Å². The van der Waals surface area contributed by atoms with Crippen molar-refractivity contribution in [2.45, 2.75) is 19.0 Å². The van der Waals surface area contributed by atoms with Crippen LogP contribution in [-0.2, 0) is 12.6 Å². The van der Waals surface area contributed by atoms with E-state index in [0.29, 0.717) is 6.54 Å². The number of fused-ring (bicyclic) bond motifs is 1. The number of rotatable bonds is 5. The first-order valence-electron chi connectivity index (χ1n) is 8.73. The quantitative estimate of drug-likeness (QED) is 0.366. The van der Waals surface area contributed by atoms with Crippen molar-refractivity contribution in [3.8, 4) is 0 Å². The van der Waals surface area contributed by atoms with Crippen LogP contribution in [0.2, 0.25) is 5.02 Å². The predicted molar refractivity (Wildman–Crippen MR) is 113 cm³/mol. The fourth-order valence-corrected chi connectivity index (χ4v) is 3.43. The molecule has 7 heteroatoms. The van der Waals surface area contributed by atoms with Crippen LogP contribution in [0, 0.1) is 0 Å². The summed E-state index contributed by atoms with van der Waals surface area (Å²) in [5, 5.41) is 8.16. The molecule has 0 fully saturated rings. The van der Waals surface area contributed by atoms with Gasteiger partial charge in [-0.15, -0.1) is 0 Å². The van der Waals surface area contributed by atoms with Gasteiger partial charge in [0.1, 0.15) is 0 Å². The molecule has 3 rings (SSSR count). The van der Waals surface area contributed by atoms with E-state index in [4.69, 9.17) is 23.8 Å². The van der Waals surface area contributed by atoms with E-state index in [1.165, 1.54) is 28.5 Å². The second-order valence-corrected chi connectivity index (χ2v) is 7.13. The van der Waals surface area contributed by atoms with Gasteiger partial charge >= 0.3 is 6.18 Å². The summed E-state index contributed by atoms with van der Waals surface area (Å²) >= 11 is 10.8. The monoisotopic (exact) mass is 422 g/mol. The van der Waals surface area contributed by atoms with Gasteiger partial charge in [0.15, 0.2) is 5.11 Å². The third kappa shape index (κ3) is 5.14. The minimum absolute atomic E-state index is 0.239. The Morgan fingerprint density at radius 3 is 2.54 bits per heavy atom. The number of halogens is 4. The molecule has 0 aliphatic rings. The molecular formula is C21H18ClF3N2S. The fraction of sp³-hybridized carbons (Fsp3) is 0.190. The van der Waals surface area contributed by atoms with E-state index in [-0.39, 0.29) is 15.8 Å². The Bertz CT molecular complexity index is 984. The van der Waals surface area contributed by atoms with Crippen LogP contribution in [0.15, 0.2) is 60.7 Å². The topological polar surface area (TPSA) is 24.1 Å². The second-order valence-electron chi connectivity index (χ2n) is 6.32. The third-order valence-corrected chi connectivity index (χ3v) is 4.89. The molecule has 0 saturated carbocycles. The van der Waals surface area contributed by atoms with Crippen LogP contribution >= 0.6 is 23.8 Å². The maximum Gasteiger partial charge on any atom is 0.417 e. The van der Waals surface area contributed by atoms with E-state index in [1.54, 1.807) is 0 Å². The van der Waals surface area contributed by atoms with Crippen molar-refractivity contribution in [2.75, 3.05) is 11.9 Å². The standard InChI is InChI=1S/C21H18ClF3N2S/c22-19-11-10-16(13-18(19)21(23,24)25)27-20(28)26-12-4-8-15-7-3-6-14-5-1-2-9-17(14)15/h1-3,5-7,9-11,13H,4,8,12H2,(H2,26,27,28). The number of hydrogen-bond donors (Lipinski definition) is 2. The molecule has 0 radical (unpaired) electrons. The van der Waals surface area contributed by atoms with Crippen LogP contribution in [-0.4, -0.2) is 11.7 Å². The minimum atomic E-state index is -4.51. The maximum absolute atomic E-state index is 12.9. The van der Waals surface area contributed by atoms with Gasteiger partial charge in [-0.2, -0.15) is 13.2 Å². The van der Waals surface area contributed by atoms with E-state index in [9.17, 15) is 13.2 Å². The van der Waals surface area contributed by atoms with Crippen LogP contribution < -0.4 is 10.6 Å². The Morgan fingerprint density at radius 1 is 1.00 bits per heavy atom. The van der Waals surface area contributed by atoms with E-state index in [1.807, 2.05) is 18.2 Å². The summed E-state index contributed by atoms with van der Waals surface area (Å²) in [7, 11) is 0. The molecule has 0 spiro atoms. The Morgan fingerprint density at radius 2 is 1.75 bits per heavy atom. The molecule has 0 saturated heterocycles. The van der Waals surface area contributed by atoms with Gasteiger partial charge in [0.05, 0.1) is 10.6 Å². The molecule has 146 valence electrons. The summed E-state index contributed by atoms with van der Waals surface area (Å²) in [4.78, 5) is 0. The molecule has 0 aromatic heterocycles. The van der Waals surface area contributed by atoms with Crippen LogP contribution in [0.3, 0.4) is 0 Å². The van der Waals surface area contributed by atoms with Gasteiger partial charge < -0.3 is 10.6 Å². The smallest absolute Gasteiger partial charge is 0.362 e. The molecule has 3 aromatic carbocycles. The SMILES string of the molecule is FC(F)(F)c1cc(NC(=S)NCCCc2cccc3ccccc23)ccc1Cl. The summed E-state index contributed by atoms with van der Waals surface area (Å²) in [5.41, 5.74) is 0.604. The summed E-state index contributed by atoms with van der Waals surface area (Å²) < 4.78 is 38.8. The molecule has 0 unspecified atom stereocenters. The highest BCUT2D eigenvalue weighted by molar-refractivity contribution is 7.80. The van der Waals surface area contributed by atoms with Gasteiger partial charge in [-0.25, -0.2) is 0 Å². The molecular weight excluding hydrogens is 405 g/mol. The average molecular weight is 423 g/mol. The Labute approximate surface area is 171 Å². The number of hydrogen-bond acceptors (Lipinski definition) is 1.